The van der Waals surface area contributed by atoms with Gasteiger partial charge in [0.15, 0.2) is 5.82 Å². The molecular weight excluding hydrogens is 232 g/mol. The van der Waals surface area contributed by atoms with Crippen LogP contribution in [0.4, 0.5) is 0 Å². The largest absolute Gasteiger partial charge is 0.347 e. The van der Waals surface area contributed by atoms with Crippen molar-refractivity contribution in [3.63, 3.8) is 0 Å². The summed E-state index contributed by atoms with van der Waals surface area (Å²) in [6, 6.07) is 0.496. The Bertz CT molecular complexity index is 385. The topological polar surface area (TPSA) is 80.0 Å². The number of amides is 1. The maximum atomic E-state index is 11.6. The molecule has 6 heteroatoms. The zero-order valence-electron chi connectivity index (χ0n) is 10.7. The Balaban J connectivity index is 1.62. The summed E-state index contributed by atoms with van der Waals surface area (Å²) in [4.78, 5) is 15.7. The van der Waals surface area contributed by atoms with E-state index in [9.17, 15) is 4.79 Å². The van der Waals surface area contributed by atoms with Gasteiger partial charge in [-0.1, -0.05) is 11.6 Å². The molecule has 1 aromatic heterocycles. The Hall–Kier alpha value is -1.43. The highest BCUT2D eigenvalue weighted by molar-refractivity contribution is 5.75. The molecule has 2 N–H and O–H groups in total. The van der Waals surface area contributed by atoms with E-state index in [-0.39, 0.29) is 5.91 Å². The van der Waals surface area contributed by atoms with Gasteiger partial charge in [0.2, 0.25) is 11.8 Å². The Labute approximate surface area is 107 Å². The molecule has 100 valence electrons. The summed E-state index contributed by atoms with van der Waals surface area (Å²) in [5, 5.41) is 9.89. The van der Waals surface area contributed by atoms with E-state index in [1.807, 2.05) is 0 Å². The third-order valence-electron chi connectivity index (χ3n) is 3.14. The first-order valence-electron chi connectivity index (χ1n) is 6.53. The van der Waals surface area contributed by atoms with Gasteiger partial charge < -0.3 is 15.2 Å². The maximum absolute atomic E-state index is 11.6. The van der Waals surface area contributed by atoms with Crippen LogP contribution in [0.2, 0.25) is 0 Å². The number of hydrogen-bond donors (Lipinski definition) is 2. The van der Waals surface area contributed by atoms with Gasteiger partial charge in [0.1, 0.15) is 0 Å². The van der Waals surface area contributed by atoms with Crippen molar-refractivity contribution in [3.8, 4) is 0 Å². The van der Waals surface area contributed by atoms with Crippen molar-refractivity contribution < 1.29 is 9.32 Å². The minimum atomic E-state index is 0.0400. The highest BCUT2D eigenvalue weighted by Gasteiger charge is 2.14. The number of nitrogens with zero attached hydrogens (tertiary/aromatic N) is 2. The predicted octanol–water partition coefficient (Wildman–Crippen LogP) is 0.917. The lowest BCUT2D eigenvalue weighted by Gasteiger charge is -2.22. The first-order chi connectivity index (χ1) is 8.74. The van der Waals surface area contributed by atoms with Gasteiger partial charge in [-0.15, -0.1) is 0 Å². The number of hydrogen-bond acceptors (Lipinski definition) is 5. The van der Waals surface area contributed by atoms with Crippen LogP contribution in [-0.2, 0) is 11.3 Å². The van der Waals surface area contributed by atoms with Crippen LogP contribution in [0.5, 0.6) is 0 Å². The summed E-state index contributed by atoms with van der Waals surface area (Å²) in [7, 11) is 0. The summed E-state index contributed by atoms with van der Waals surface area (Å²) in [6.07, 6.45) is 5.13. The molecule has 1 saturated heterocycles. The number of aromatic nitrogens is 2. The Morgan fingerprint density at radius 3 is 3.11 bits per heavy atom. The SMILES string of the molecule is Cc1noc(CNC(=O)CCC2CCCCN2)n1. The third kappa shape index (κ3) is 4.10. The average Bonchev–Trinajstić information content (AvgIpc) is 2.81. The molecule has 0 aromatic carbocycles. The molecule has 6 nitrogen and oxygen atoms in total. The molecule has 2 rings (SSSR count). The number of nitrogens with one attached hydrogen (secondary N) is 2. The van der Waals surface area contributed by atoms with Crippen LogP contribution in [0, 0.1) is 6.92 Å². The van der Waals surface area contributed by atoms with Crippen molar-refractivity contribution in [3.05, 3.63) is 11.7 Å². The molecule has 1 aromatic rings. The van der Waals surface area contributed by atoms with Gasteiger partial charge in [-0.3, -0.25) is 4.79 Å². The van der Waals surface area contributed by atoms with Crippen molar-refractivity contribution in [1.29, 1.82) is 0 Å². The van der Waals surface area contributed by atoms with Crippen LogP contribution in [-0.4, -0.2) is 28.6 Å². The quantitative estimate of drug-likeness (QED) is 0.814. The average molecular weight is 252 g/mol. The van der Waals surface area contributed by atoms with E-state index in [4.69, 9.17) is 4.52 Å². The van der Waals surface area contributed by atoms with E-state index in [0.717, 1.165) is 13.0 Å². The van der Waals surface area contributed by atoms with Crippen LogP contribution in [0.25, 0.3) is 0 Å². The van der Waals surface area contributed by atoms with Crippen molar-refractivity contribution >= 4 is 5.91 Å². The molecule has 0 spiro atoms. The minimum Gasteiger partial charge on any atom is -0.347 e. The second-order valence-corrected chi connectivity index (χ2v) is 4.70. The van der Waals surface area contributed by atoms with Gasteiger partial charge in [0.25, 0.3) is 0 Å². The maximum Gasteiger partial charge on any atom is 0.246 e. The summed E-state index contributed by atoms with van der Waals surface area (Å²) in [6.45, 7) is 3.15. The highest BCUT2D eigenvalue weighted by atomic mass is 16.5. The fourth-order valence-corrected chi connectivity index (χ4v) is 2.15. The summed E-state index contributed by atoms with van der Waals surface area (Å²) in [5.74, 6) is 1.08. The molecule has 1 amide bonds. The molecule has 1 fully saturated rings. The molecule has 1 atom stereocenters. The van der Waals surface area contributed by atoms with Crippen LogP contribution < -0.4 is 10.6 Å². The lowest BCUT2D eigenvalue weighted by molar-refractivity contribution is -0.121. The van der Waals surface area contributed by atoms with Crippen LogP contribution in [0.1, 0.15) is 43.8 Å². The molecule has 2 heterocycles. The summed E-state index contributed by atoms with van der Waals surface area (Å²) < 4.78 is 4.92. The van der Waals surface area contributed by atoms with E-state index in [0.29, 0.717) is 30.7 Å². The number of carbonyl (C=O) groups is 1. The lowest BCUT2D eigenvalue weighted by atomic mass is 10.0. The second kappa shape index (κ2) is 6.49. The molecule has 0 radical (unpaired) electrons. The van der Waals surface area contributed by atoms with Gasteiger partial charge in [0, 0.05) is 12.5 Å². The minimum absolute atomic E-state index is 0.0400. The molecule has 0 saturated carbocycles. The van der Waals surface area contributed by atoms with E-state index < -0.39 is 0 Å². The Morgan fingerprint density at radius 1 is 1.56 bits per heavy atom. The Morgan fingerprint density at radius 2 is 2.44 bits per heavy atom. The first kappa shape index (κ1) is 13.0. The Kier molecular flexibility index (Phi) is 4.69. The van der Waals surface area contributed by atoms with Crippen molar-refractivity contribution in [1.82, 2.24) is 20.8 Å². The number of rotatable bonds is 5. The molecular formula is C12H20N4O2. The van der Waals surface area contributed by atoms with Crippen molar-refractivity contribution in [2.45, 2.75) is 51.6 Å². The molecule has 18 heavy (non-hydrogen) atoms. The highest BCUT2D eigenvalue weighted by Crippen LogP contribution is 2.11. The van der Waals surface area contributed by atoms with Gasteiger partial charge in [-0.2, -0.15) is 4.98 Å². The van der Waals surface area contributed by atoms with E-state index >= 15 is 0 Å². The fraction of sp³-hybridized carbons (Fsp3) is 0.750. The standard InChI is InChI=1S/C12H20N4O2/c1-9-15-12(18-16-9)8-14-11(17)6-5-10-4-2-3-7-13-10/h10,13H,2-8H2,1H3,(H,14,17). The van der Waals surface area contributed by atoms with Crippen LogP contribution >= 0.6 is 0 Å². The van der Waals surface area contributed by atoms with Crippen LogP contribution in [0.3, 0.4) is 0 Å². The van der Waals surface area contributed by atoms with Crippen molar-refractivity contribution in [2.24, 2.45) is 0 Å². The van der Waals surface area contributed by atoms with E-state index in [1.54, 1.807) is 6.92 Å². The first-order valence-corrected chi connectivity index (χ1v) is 6.53. The van der Waals surface area contributed by atoms with E-state index in [2.05, 4.69) is 20.8 Å². The third-order valence-corrected chi connectivity index (χ3v) is 3.14. The lowest BCUT2D eigenvalue weighted by Crippen LogP contribution is -2.35. The molecule has 0 bridgehead atoms. The van der Waals surface area contributed by atoms with Crippen LogP contribution in [0.15, 0.2) is 4.52 Å². The number of carbonyl (C=O) groups excluding carboxylic acids is 1. The fourth-order valence-electron chi connectivity index (χ4n) is 2.15. The molecule has 1 aliphatic heterocycles. The number of aryl methyl sites for hydroxylation is 1. The normalized spacial score (nSPS) is 19.7. The zero-order chi connectivity index (χ0) is 12.8. The molecule has 0 aliphatic carbocycles. The smallest absolute Gasteiger partial charge is 0.246 e. The van der Waals surface area contributed by atoms with E-state index in [1.165, 1.54) is 19.3 Å². The van der Waals surface area contributed by atoms with Gasteiger partial charge >= 0.3 is 0 Å². The zero-order valence-corrected chi connectivity index (χ0v) is 10.7. The molecule has 1 aliphatic rings. The molecule has 1 unspecified atom stereocenters. The number of piperidine rings is 1. The monoisotopic (exact) mass is 252 g/mol. The van der Waals surface area contributed by atoms with Gasteiger partial charge in [-0.25, -0.2) is 0 Å². The summed E-state index contributed by atoms with van der Waals surface area (Å²) >= 11 is 0. The summed E-state index contributed by atoms with van der Waals surface area (Å²) in [5.41, 5.74) is 0. The van der Waals surface area contributed by atoms with Crippen molar-refractivity contribution in [2.75, 3.05) is 6.54 Å². The van der Waals surface area contributed by atoms with Gasteiger partial charge in [-0.05, 0) is 32.7 Å². The second-order valence-electron chi connectivity index (χ2n) is 4.70. The van der Waals surface area contributed by atoms with Gasteiger partial charge in [0.05, 0.1) is 6.54 Å². The predicted molar refractivity (Wildman–Crippen MR) is 65.8 cm³/mol.